The maximum absolute atomic E-state index is 11.3. The zero-order chi connectivity index (χ0) is 10.8. The van der Waals surface area contributed by atoms with Gasteiger partial charge >= 0.3 is 0 Å². The van der Waals surface area contributed by atoms with Crippen LogP contribution in [0.4, 0.5) is 0 Å². The Hall–Kier alpha value is -0.210. The van der Waals surface area contributed by atoms with Gasteiger partial charge < -0.3 is 10.0 Å². The van der Waals surface area contributed by atoms with E-state index in [0.29, 0.717) is 13.1 Å². The highest BCUT2D eigenvalue weighted by Crippen LogP contribution is 2.23. The molecule has 2 rings (SSSR count). The largest absolute Gasteiger partial charge is 0.387 e. The molecule has 0 spiro atoms. The lowest BCUT2D eigenvalue weighted by atomic mass is 10.4. The number of fused-ring (bicyclic) bond motifs is 1. The summed E-state index contributed by atoms with van der Waals surface area (Å²) in [5.74, 6) is 0.696. The molecule has 2 aliphatic heterocycles. The topological polar surface area (TPSA) is 52.9 Å². The Labute approximate surface area is 104 Å². The van der Waals surface area contributed by atoms with Crippen molar-refractivity contribution < 1.29 is 9.90 Å². The Kier molecular flexibility index (Phi) is 3.57. The minimum atomic E-state index is -0.397. The summed E-state index contributed by atoms with van der Waals surface area (Å²) in [6, 6.07) is 0. The van der Waals surface area contributed by atoms with Crippen LogP contribution in [0.1, 0.15) is 0 Å². The Morgan fingerprint density at radius 2 is 2.47 bits per heavy atom. The third kappa shape index (κ3) is 2.48. The molecule has 1 saturated heterocycles. The van der Waals surface area contributed by atoms with Gasteiger partial charge in [-0.25, -0.2) is 4.36 Å². The van der Waals surface area contributed by atoms with E-state index in [1.54, 1.807) is 4.90 Å². The van der Waals surface area contributed by atoms with Gasteiger partial charge in [-0.05, 0) is 34.7 Å². The first-order valence-electron chi connectivity index (χ1n) is 4.58. The van der Waals surface area contributed by atoms with Gasteiger partial charge in [0.2, 0.25) is 5.91 Å². The van der Waals surface area contributed by atoms with Crippen molar-refractivity contribution in [2.24, 2.45) is 4.36 Å². The number of allylic oxidation sites excluding steroid dienone is 2. The van der Waals surface area contributed by atoms with Crippen LogP contribution in [0.15, 0.2) is 25.1 Å². The number of carbonyl (C=O) groups is 1. The van der Waals surface area contributed by atoms with Crippen LogP contribution in [0, 0.1) is 0 Å². The van der Waals surface area contributed by atoms with Crippen LogP contribution < -0.4 is 0 Å². The molecular weight excluding hydrogens is 327 g/mol. The quantitative estimate of drug-likeness (QED) is 0.568. The number of amides is 1. The molecule has 0 aliphatic carbocycles. The molecule has 0 saturated carbocycles. The highest BCUT2D eigenvalue weighted by atomic mass is 127. The Bertz CT molecular complexity index is 390. The summed E-state index contributed by atoms with van der Waals surface area (Å²) < 4.78 is 5.56. The smallest absolute Gasteiger partial charge is 0.248 e. The highest BCUT2D eigenvalue weighted by Gasteiger charge is 2.23. The molecule has 1 fully saturated rings. The van der Waals surface area contributed by atoms with Gasteiger partial charge in [0.25, 0.3) is 0 Å². The summed E-state index contributed by atoms with van der Waals surface area (Å²) in [5.41, 5.74) is 0. The summed E-state index contributed by atoms with van der Waals surface area (Å²) in [6.07, 6.45) is 4.01. The summed E-state index contributed by atoms with van der Waals surface area (Å²) in [4.78, 5) is 14.2. The number of rotatable bonds is 1. The van der Waals surface area contributed by atoms with Gasteiger partial charge in [0.15, 0.2) is 0 Å². The third-order valence-corrected chi connectivity index (χ3v) is 5.08. The van der Waals surface area contributed by atoms with Gasteiger partial charge in [-0.2, -0.15) is 0 Å². The SMILES string of the molecule is O=C(CO)N1CCS2=NC(I)=CC=C2C1. The fourth-order valence-corrected chi connectivity index (χ4v) is 4.07. The lowest BCUT2D eigenvalue weighted by molar-refractivity contribution is -0.133. The molecule has 1 N–H and O–H groups in total. The number of hydrogen-bond donors (Lipinski definition) is 1. The lowest BCUT2D eigenvalue weighted by Crippen LogP contribution is -2.42. The Balaban J connectivity index is 2.14. The summed E-state index contributed by atoms with van der Waals surface area (Å²) in [6.45, 7) is 0.922. The minimum Gasteiger partial charge on any atom is -0.387 e. The molecule has 2 heterocycles. The maximum atomic E-state index is 11.3. The van der Waals surface area contributed by atoms with E-state index in [2.05, 4.69) is 33.0 Å². The number of carbonyl (C=O) groups excluding carboxylic acids is 1. The molecular formula is C9H11IN2O2S. The highest BCUT2D eigenvalue weighted by molar-refractivity contribution is 14.1. The van der Waals surface area contributed by atoms with Crippen LogP contribution in [0.2, 0.25) is 0 Å². The van der Waals surface area contributed by atoms with E-state index in [1.165, 1.54) is 4.91 Å². The van der Waals surface area contributed by atoms with Gasteiger partial charge in [0.1, 0.15) is 10.3 Å². The number of aliphatic hydroxyl groups is 1. The van der Waals surface area contributed by atoms with E-state index in [0.717, 1.165) is 9.46 Å². The molecule has 1 unspecified atom stereocenters. The van der Waals surface area contributed by atoms with E-state index in [1.807, 2.05) is 6.08 Å². The van der Waals surface area contributed by atoms with E-state index in [4.69, 9.17) is 5.11 Å². The third-order valence-electron chi connectivity index (χ3n) is 2.30. The van der Waals surface area contributed by atoms with Crippen molar-refractivity contribution in [1.29, 1.82) is 0 Å². The van der Waals surface area contributed by atoms with Gasteiger partial charge in [-0.1, -0.05) is 10.7 Å². The number of nitrogens with zero attached hydrogens (tertiary/aromatic N) is 2. The van der Waals surface area contributed by atoms with Crippen molar-refractivity contribution in [3.05, 3.63) is 20.8 Å². The molecule has 0 aromatic rings. The second-order valence-corrected chi connectivity index (χ2v) is 6.21. The Morgan fingerprint density at radius 1 is 1.67 bits per heavy atom. The lowest BCUT2D eigenvalue weighted by Gasteiger charge is -2.30. The van der Waals surface area contributed by atoms with Crippen molar-refractivity contribution >= 4 is 39.2 Å². The van der Waals surface area contributed by atoms with Crippen molar-refractivity contribution in [3.8, 4) is 0 Å². The predicted molar refractivity (Wildman–Crippen MR) is 68.5 cm³/mol. The first-order valence-corrected chi connectivity index (χ1v) is 7.01. The van der Waals surface area contributed by atoms with Crippen molar-refractivity contribution in [1.82, 2.24) is 4.90 Å². The van der Waals surface area contributed by atoms with Crippen molar-refractivity contribution in [2.45, 2.75) is 0 Å². The average Bonchev–Trinajstić information content (AvgIpc) is 2.27. The zero-order valence-corrected chi connectivity index (χ0v) is 11.0. The van der Waals surface area contributed by atoms with Crippen LogP contribution >= 0.6 is 22.6 Å². The second-order valence-electron chi connectivity index (χ2n) is 3.26. The molecule has 2 aliphatic rings. The van der Waals surface area contributed by atoms with Crippen molar-refractivity contribution in [3.63, 3.8) is 0 Å². The molecule has 6 heteroatoms. The zero-order valence-electron chi connectivity index (χ0n) is 8.02. The molecule has 1 amide bonds. The van der Waals surface area contributed by atoms with E-state index < -0.39 is 6.61 Å². The first kappa shape index (κ1) is 11.3. The van der Waals surface area contributed by atoms with Gasteiger partial charge in [0.05, 0.1) is 6.54 Å². The second kappa shape index (κ2) is 4.75. The van der Waals surface area contributed by atoms with E-state index in [9.17, 15) is 4.79 Å². The van der Waals surface area contributed by atoms with Crippen LogP contribution in [0.25, 0.3) is 0 Å². The van der Waals surface area contributed by atoms with E-state index in [-0.39, 0.29) is 16.6 Å². The number of halogens is 1. The summed E-state index contributed by atoms with van der Waals surface area (Å²) in [7, 11) is -0.0371. The predicted octanol–water partition coefficient (Wildman–Crippen LogP) is 0.797. The number of hydrogen-bond acceptors (Lipinski definition) is 3. The molecule has 82 valence electrons. The minimum absolute atomic E-state index is 0.0371. The monoisotopic (exact) mass is 338 g/mol. The summed E-state index contributed by atoms with van der Waals surface area (Å²) >= 11 is 2.21. The van der Waals surface area contributed by atoms with Crippen LogP contribution in [-0.2, 0) is 15.5 Å². The molecule has 0 radical (unpaired) electrons. The Morgan fingerprint density at radius 3 is 3.20 bits per heavy atom. The normalized spacial score (nSPS) is 24.9. The van der Waals surface area contributed by atoms with Crippen LogP contribution in [0.3, 0.4) is 0 Å². The van der Waals surface area contributed by atoms with Crippen molar-refractivity contribution in [2.75, 3.05) is 25.4 Å². The standard InChI is InChI=1S/C9H11IN2O2S/c10-8-2-1-7-5-12(9(14)6-13)3-4-15(7)11-8/h1-2,13H,3-6H2. The summed E-state index contributed by atoms with van der Waals surface area (Å²) in [5, 5.41) is 8.78. The number of aliphatic hydroxyl groups excluding tert-OH is 1. The van der Waals surface area contributed by atoms with Crippen LogP contribution in [0.5, 0.6) is 0 Å². The maximum Gasteiger partial charge on any atom is 0.248 e. The van der Waals surface area contributed by atoms with Gasteiger partial charge in [-0.15, -0.1) is 0 Å². The first-order chi connectivity index (χ1) is 7.20. The molecule has 4 nitrogen and oxygen atoms in total. The molecule has 0 aromatic heterocycles. The van der Waals surface area contributed by atoms with Gasteiger partial charge in [-0.3, -0.25) is 4.79 Å². The van der Waals surface area contributed by atoms with Crippen LogP contribution in [-0.4, -0.2) is 41.4 Å². The van der Waals surface area contributed by atoms with E-state index >= 15 is 0 Å². The molecule has 15 heavy (non-hydrogen) atoms. The molecule has 1 atom stereocenters. The van der Waals surface area contributed by atoms with Gasteiger partial charge in [0, 0.05) is 17.2 Å². The fourth-order valence-electron chi connectivity index (χ4n) is 1.52. The average molecular weight is 338 g/mol. The molecule has 0 bridgehead atoms. The molecule has 0 aromatic carbocycles. The fraction of sp³-hybridized carbons (Fsp3) is 0.444.